The summed E-state index contributed by atoms with van der Waals surface area (Å²) in [5.74, 6) is 0.333. The van der Waals surface area contributed by atoms with Gasteiger partial charge >= 0.3 is 0 Å². The molecule has 0 spiro atoms. The molecule has 1 N–H and O–H groups in total. The average molecular weight is 235 g/mol. The number of nitrogens with zero attached hydrogens (tertiary/aromatic N) is 1. The molecule has 0 aliphatic heterocycles. The zero-order valence-corrected chi connectivity index (χ0v) is 9.88. The molecule has 0 atom stereocenters. The normalized spacial score (nSPS) is 10.7. The Hall–Kier alpha value is -2.35. The van der Waals surface area contributed by atoms with Gasteiger partial charge in [0, 0.05) is 23.9 Å². The number of hydrogen-bond acceptors (Lipinski definition) is 2. The molecule has 0 radical (unpaired) electrons. The van der Waals surface area contributed by atoms with Crippen LogP contribution in [0.3, 0.4) is 0 Å². The van der Waals surface area contributed by atoms with Gasteiger partial charge in [0.2, 0.25) is 0 Å². The zero-order valence-electron chi connectivity index (χ0n) is 9.88. The van der Waals surface area contributed by atoms with Crippen LogP contribution in [0, 0.1) is 0 Å². The van der Waals surface area contributed by atoms with Crippen LogP contribution in [0.1, 0.15) is 11.3 Å². The molecule has 0 aliphatic rings. The number of aromatic hydroxyl groups is 1. The average Bonchev–Trinajstić information content (AvgIpc) is 2.43. The van der Waals surface area contributed by atoms with Crippen molar-refractivity contribution in [1.82, 2.24) is 4.98 Å². The second-order valence-electron chi connectivity index (χ2n) is 4.28. The first-order valence-electron chi connectivity index (χ1n) is 5.94. The molecule has 2 heteroatoms. The second kappa shape index (κ2) is 4.49. The molecule has 88 valence electrons. The van der Waals surface area contributed by atoms with E-state index in [-0.39, 0.29) is 0 Å². The van der Waals surface area contributed by atoms with Crippen molar-refractivity contribution in [2.45, 2.75) is 6.42 Å². The lowest BCUT2D eigenvalue weighted by molar-refractivity contribution is 0.470. The van der Waals surface area contributed by atoms with Crippen LogP contribution in [0.4, 0.5) is 0 Å². The Labute approximate surface area is 106 Å². The fraction of sp³-hybridized carbons (Fsp3) is 0.0625. The number of phenols is 1. The van der Waals surface area contributed by atoms with Crippen molar-refractivity contribution in [1.29, 1.82) is 0 Å². The van der Waals surface area contributed by atoms with E-state index in [1.165, 1.54) is 0 Å². The first-order valence-corrected chi connectivity index (χ1v) is 5.94. The van der Waals surface area contributed by atoms with Gasteiger partial charge in [-0.05, 0) is 29.0 Å². The monoisotopic (exact) mass is 235 g/mol. The van der Waals surface area contributed by atoms with E-state index in [0.29, 0.717) is 12.2 Å². The Kier molecular flexibility index (Phi) is 2.69. The minimum absolute atomic E-state index is 0.333. The van der Waals surface area contributed by atoms with Crippen molar-refractivity contribution in [2.24, 2.45) is 0 Å². The molecule has 0 saturated heterocycles. The molecule has 2 nitrogen and oxygen atoms in total. The third-order valence-corrected chi connectivity index (χ3v) is 3.10. The Bertz CT molecular complexity index is 677. The predicted molar refractivity (Wildman–Crippen MR) is 72.7 cm³/mol. The summed E-state index contributed by atoms with van der Waals surface area (Å²) in [6, 6.07) is 17.6. The van der Waals surface area contributed by atoms with Gasteiger partial charge in [-0.1, -0.05) is 36.4 Å². The summed E-state index contributed by atoms with van der Waals surface area (Å²) in [6.45, 7) is 0. The van der Waals surface area contributed by atoms with Gasteiger partial charge in [-0.25, -0.2) is 0 Å². The number of hydrogen-bond donors (Lipinski definition) is 1. The van der Waals surface area contributed by atoms with Gasteiger partial charge in [0.1, 0.15) is 5.75 Å². The van der Waals surface area contributed by atoms with Gasteiger partial charge < -0.3 is 5.11 Å². The molecule has 0 saturated carbocycles. The number of benzene rings is 2. The van der Waals surface area contributed by atoms with Crippen LogP contribution in [0.15, 0.2) is 60.8 Å². The molecule has 3 aromatic rings. The first-order chi connectivity index (χ1) is 8.84. The lowest BCUT2D eigenvalue weighted by Crippen LogP contribution is -1.93. The van der Waals surface area contributed by atoms with Crippen LogP contribution < -0.4 is 0 Å². The smallest absolute Gasteiger partial charge is 0.119 e. The van der Waals surface area contributed by atoms with Crippen molar-refractivity contribution in [3.63, 3.8) is 0 Å². The summed E-state index contributed by atoms with van der Waals surface area (Å²) in [7, 11) is 0. The topological polar surface area (TPSA) is 33.1 Å². The quantitative estimate of drug-likeness (QED) is 0.737. The Morgan fingerprint density at radius 3 is 2.56 bits per heavy atom. The highest BCUT2D eigenvalue weighted by Gasteiger charge is 2.07. The molecule has 1 heterocycles. The van der Waals surface area contributed by atoms with Crippen LogP contribution in [0.2, 0.25) is 0 Å². The van der Waals surface area contributed by atoms with Crippen molar-refractivity contribution in [2.75, 3.05) is 0 Å². The largest absolute Gasteiger partial charge is 0.508 e. The van der Waals surface area contributed by atoms with Crippen molar-refractivity contribution >= 4 is 10.8 Å². The molecule has 0 aliphatic carbocycles. The van der Waals surface area contributed by atoms with E-state index >= 15 is 0 Å². The SMILES string of the molecule is Oc1ccc2ccccc2c1Cc1ccccn1. The lowest BCUT2D eigenvalue weighted by atomic mass is 9.99. The van der Waals surface area contributed by atoms with E-state index in [9.17, 15) is 5.11 Å². The molecule has 0 amide bonds. The maximum absolute atomic E-state index is 10.0. The van der Waals surface area contributed by atoms with Crippen molar-refractivity contribution < 1.29 is 5.11 Å². The second-order valence-corrected chi connectivity index (χ2v) is 4.28. The Balaban J connectivity index is 2.13. The number of aromatic nitrogens is 1. The molecule has 18 heavy (non-hydrogen) atoms. The third kappa shape index (κ3) is 1.93. The van der Waals surface area contributed by atoms with Gasteiger partial charge in [0.05, 0.1) is 0 Å². The van der Waals surface area contributed by atoms with E-state index < -0.39 is 0 Å². The van der Waals surface area contributed by atoms with Crippen molar-refractivity contribution in [3.05, 3.63) is 72.1 Å². The summed E-state index contributed by atoms with van der Waals surface area (Å²) in [4.78, 5) is 4.31. The van der Waals surface area contributed by atoms with E-state index in [2.05, 4.69) is 11.1 Å². The number of fused-ring (bicyclic) bond motifs is 1. The van der Waals surface area contributed by atoms with Gasteiger partial charge in [-0.15, -0.1) is 0 Å². The van der Waals surface area contributed by atoms with Crippen LogP contribution >= 0.6 is 0 Å². The molecule has 2 aromatic carbocycles. The van der Waals surface area contributed by atoms with Crippen LogP contribution in [-0.2, 0) is 6.42 Å². The summed E-state index contributed by atoms with van der Waals surface area (Å²) in [5.41, 5.74) is 1.90. The lowest BCUT2D eigenvalue weighted by Gasteiger charge is -2.08. The Morgan fingerprint density at radius 1 is 0.889 bits per heavy atom. The fourth-order valence-electron chi connectivity index (χ4n) is 2.19. The molecular formula is C16H13NO. The summed E-state index contributed by atoms with van der Waals surface area (Å²) >= 11 is 0. The van der Waals surface area contributed by atoms with Crippen molar-refractivity contribution in [3.8, 4) is 5.75 Å². The molecule has 3 rings (SSSR count). The summed E-state index contributed by atoms with van der Waals surface area (Å²) in [5, 5.41) is 12.3. The number of phenolic OH excluding ortho intramolecular Hbond substituents is 1. The first kappa shape index (κ1) is 10.8. The maximum Gasteiger partial charge on any atom is 0.119 e. The molecule has 0 bridgehead atoms. The van der Waals surface area contributed by atoms with Gasteiger partial charge in [0.25, 0.3) is 0 Å². The highest BCUT2D eigenvalue weighted by molar-refractivity contribution is 5.87. The van der Waals surface area contributed by atoms with Gasteiger partial charge in [-0.3, -0.25) is 4.98 Å². The van der Waals surface area contributed by atoms with Gasteiger partial charge in [0.15, 0.2) is 0 Å². The number of rotatable bonds is 2. The van der Waals surface area contributed by atoms with E-state index in [1.807, 2.05) is 42.5 Å². The molecule has 0 unspecified atom stereocenters. The highest BCUT2D eigenvalue weighted by atomic mass is 16.3. The molecular weight excluding hydrogens is 222 g/mol. The molecule has 0 fully saturated rings. The standard InChI is InChI=1S/C16H13NO/c18-16-9-8-12-5-1-2-7-14(12)15(16)11-13-6-3-4-10-17-13/h1-10,18H,11H2. The van der Waals surface area contributed by atoms with Crippen LogP contribution in [0.25, 0.3) is 10.8 Å². The Morgan fingerprint density at radius 2 is 1.72 bits per heavy atom. The third-order valence-electron chi connectivity index (χ3n) is 3.10. The maximum atomic E-state index is 10.0. The number of pyridine rings is 1. The minimum Gasteiger partial charge on any atom is -0.508 e. The van der Waals surface area contributed by atoms with Crippen LogP contribution in [0.5, 0.6) is 5.75 Å². The van der Waals surface area contributed by atoms with Crippen LogP contribution in [-0.4, -0.2) is 10.1 Å². The summed E-state index contributed by atoms with van der Waals surface area (Å²) in [6.07, 6.45) is 2.42. The fourth-order valence-corrected chi connectivity index (χ4v) is 2.19. The van der Waals surface area contributed by atoms with E-state index in [4.69, 9.17) is 0 Å². The highest BCUT2D eigenvalue weighted by Crippen LogP contribution is 2.28. The zero-order chi connectivity index (χ0) is 12.4. The van der Waals surface area contributed by atoms with E-state index in [1.54, 1.807) is 12.3 Å². The van der Waals surface area contributed by atoms with Gasteiger partial charge in [-0.2, -0.15) is 0 Å². The minimum atomic E-state index is 0.333. The molecule has 1 aromatic heterocycles. The predicted octanol–water partition coefficient (Wildman–Crippen LogP) is 3.53. The van der Waals surface area contributed by atoms with E-state index in [0.717, 1.165) is 22.0 Å². The summed E-state index contributed by atoms with van der Waals surface area (Å²) < 4.78 is 0.